The standard InChI is InChI=1S/C16H23NO2S/c1-2-3-5-10-15-11-20(12-17-15)13-19-16(18)14-8-6-4-7-9-14/h4,6-9,12,15,20H,2-3,5,10-11,13H2,1H3. The number of hydrogen-bond donors (Lipinski definition) is 1. The van der Waals surface area contributed by atoms with E-state index in [1.165, 1.54) is 25.7 Å². The zero-order chi connectivity index (χ0) is 14.2. The van der Waals surface area contributed by atoms with E-state index in [-0.39, 0.29) is 16.9 Å². The van der Waals surface area contributed by atoms with Crippen molar-refractivity contribution < 1.29 is 9.53 Å². The summed E-state index contributed by atoms with van der Waals surface area (Å²) in [4.78, 5) is 16.4. The number of ether oxygens (including phenoxy) is 1. The monoisotopic (exact) mass is 293 g/mol. The van der Waals surface area contributed by atoms with Crippen molar-refractivity contribution >= 4 is 22.4 Å². The lowest BCUT2D eigenvalue weighted by molar-refractivity contribution is 0.0578. The third kappa shape index (κ3) is 4.67. The van der Waals surface area contributed by atoms with Crippen LogP contribution in [0.15, 0.2) is 35.3 Å². The molecule has 4 heteroatoms. The van der Waals surface area contributed by atoms with Gasteiger partial charge in [0.1, 0.15) is 5.94 Å². The third-order valence-corrected chi connectivity index (χ3v) is 5.21. The van der Waals surface area contributed by atoms with E-state index in [9.17, 15) is 4.79 Å². The van der Waals surface area contributed by atoms with Crippen LogP contribution in [0.2, 0.25) is 0 Å². The van der Waals surface area contributed by atoms with Gasteiger partial charge in [-0.05, 0) is 18.6 Å². The van der Waals surface area contributed by atoms with Crippen molar-refractivity contribution in [2.75, 3.05) is 11.7 Å². The number of aliphatic imine (C=N–C) groups is 1. The first kappa shape index (κ1) is 15.1. The molecule has 0 amide bonds. The maximum absolute atomic E-state index is 11.8. The second-order valence-electron chi connectivity index (χ2n) is 5.11. The quantitative estimate of drug-likeness (QED) is 0.472. The molecule has 0 N–H and O–H groups in total. The molecule has 20 heavy (non-hydrogen) atoms. The van der Waals surface area contributed by atoms with Gasteiger partial charge in [0, 0.05) is 11.3 Å². The highest BCUT2D eigenvalue weighted by atomic mass is 32.2. The van der Waals surface area contributed by atoms with Crippen LogP contribution in [0.5, 0.6) is 0 Å². The Morgan fingerprint density at radius 3 is 2.90 bits per heavy atom. The van der Waals surface area contributed by atoms with Crippen LogP contribution in [-0.4, -0.2) is 29.2 Å². The fourth-order valence-corrected chi connectivity index (χ4v) is 3.98. The molecule has 1 aliphatic heterocycles. The normalized spacial score (nSPS) is 22.9. The number of benzene rings is 1. The summed E-state index contributed by atoms with van der Waals surface area (Å²) in [5.41, 5.74) is 2.66. The van der Waals surface area contributed by atoms with E-state index < -0.39 is 0 Å². The van der Waals surface area contributed by atoms with Crippen molar-refractivity contribution in [2.24, 2.45) is 4.99 Å². The van der Waals surface area contributed by atoms with Crippen LogP contribution in [0.4, 0.5) is 0 Å². The highest BCUT2D eigenvalue weighted by molar-refractivity contribution is 8.28. The number of esters is 1. The molecule has 0 saturated carbocycles. The SMILES string of the molecule is CCCCCC1C[SH](COC(=O)c2ccccc2)C=N1. The second kappa shape index (κ2) is 8.10. The van der Waals surface area contributed by atoms with Crippen molar-refractivity contribution in [3.63, 3.8) is 0 Å². The number of nitrogens with zero attached hydrogens (tertiary/aromatic N) is 1. The predicted octanol–water partition coefficient (Wildman–Crippen LogP) is 3.79. The molecule has 0 aliphatic carbocycles. The molecule has 110 valence electrons. The van der Waals surface area contributed by atoms with E-state index in [0.717, 1.165) is 5.75 Å². The van der Waals surface area contributed by atoms with Gasteiger partial charge in [-0.3, -0.25) is 4.99 Å². The molecule has 3 nitrogen and oxygen atoms in total. The van der Waals surface area contributed by atoms with Crippen molar-refractivity contribution in [2.45, 2.75) is 38.6 Å². The average molecular weight is 293 g/mol. The summed E-state index contributed by atoms with van der Waals surface area (Å²) in [5.74, 6) is 1.37. The van der Waals surface area contributed by atoms with Crippen molar-refractivity contribution in [3.05, 3.63) is 35.9 Å². The van der Waals surface area contributed by atoms with E-state index in [0.29, 0.717) is 17.5 Å². The highest BCUT2D eigenvalue weighted by Crippen LogP contribution is 2.31. The first-order valence-corrected chi connectivity index (χ1v) is 9.07. The predicted molar refractivity (Wildman–Crippen MR) is 87.0 cm³/mol. The summed E-state index contributed by atoms with van der Waals surface area (Å²) >= 11 is 0. The van der Waals surface area contributed by atoms with Gasteiger partial charge in [-0.15, -0.1) is 0 Å². The Hall–Kier alpha value is -1.29. The zero-order valence-electron chi connectivity index (χ0n) is 12.0. The zero-order valence-corrected chi connectivity index (χ0v) is 12.9. The van der Waals surface area contributed by atoms with Gasteiger partial charge in [0.25, 0.3) is 0 Å². The van der Waals surface area contributed by atoms with Gasteiger partial charge in [-0.1, -0.05) is 44.4 Å². The molecule has 0 bridgehead atoms. The second-order valence-corrected chi connectivity index (χ2v) is 7.14. The number of thiol groups is 1. The van der Waals surface area contributed by atoms with Crippen LogP contribution in [0, 0.1) is 0 Å². The smallest absolute Gasteiger partial charge is 0.338 e. The third-order valence-electron chi connectivity index (χ3n) is 3.40. The number of carbonyl (C=O) groups excluding carboxylic acids is 1. The van der Waals surface area contributed by atoms with Gasteiger partial charge in [0.05, 0.1) is 11.6 Å². The van der Waals surface area contributed by atoms with E-state index in [4.69, 9.17) is 4.74 Å². The molecular formula is C16H23NO2S. The van der Waals surface area contributed by atoms with Crippen LogP contribution in [0.3, 0.4) is 0 Å². The molecule has 0 radical (unpaired) electrons. The molecule has 0 fully saturated rings. The summed E-state index contributed by atoms with van der Waals surface area (Å²) in [6, 6.07) is 9.62. The van der Waals surface area contributed by atoms with Crippen LogP contribution in [0.25, 0.3) is 0 Å². The first-order chi connectivity index (χ1) is 9.79. The topological polar surface area (TPSA) is 38.7 Å². The average Bonchev–Trinajstić information content (AvgIpc) is 2.94. The Balaban J connectivity index is 1.68. The largest absolute Gasteiger partial charge is 0.452 e. The Labute approximate surface area is 123 Å². The van der Waals surface area contributed by atoms with Gasteiger partial charge in [-0.2, -0.15) is 10.9 Å². The summed E-state index contributed by atoms with van der Waals surface area (Å²) in [7, 11) is -0.363. The molecule has 1 heterocycles. The molecule has 1 aromatic rings. The molecule has 0 aromatic heterocycles. The number of rotatable bonds is 7. The van der Waals surface area contributed by atoms with Crippen LogP contribution in [0.1, 0.15) is 43.0 Å². The first-order valence-electron chi connectivity index (χ1n) is 7.29. The van der Waals surface area contributed by atoms with Crippen molar-refractivity contribution in [1.82, 2.24) is 0 Å². The fraction of sp³-hybridized carbons (Fsp3) is 0.500. The Morgan fingerprint density at radius 1 is 1.35 bits per heavy atom. The van der Waals surface area contributed by atoms with Gasteiger partial charge < -0.3 is 4.74 Å². The Kier molecular flexibility index (Phi) is 6.12. The maximum Gasteiger partial charge on any atom is 0.338 e. The van der Waals surface area contributed by atoms with E-state index >= 15 is 0 Å². The number of unbranched alkanes of at least 4 members (excludes halogenated alkanes) is 2. The van der Waals surface area contributed by atoms with E-state index in [1.54, 1.807) is 12.1 Å². The molecule has 0 spiro atoms. The summed E-state index contributed by atoms with van der Waals surface area (Å²) in [6.45, 7) is 2.22. The van der Waals surface area contributed by atoms with Gasteiger partial charge in [0.2, 0.25) is 0 Å². The lowest BCUT2D eigenvalue weighted by atomic mass is 10.1. The Morgan fingerprint density at radius 2 is 2.15 bits per heavy atom. The molecule has 0 saturated heterocycles. The van der Waals surface area contributed by atoms with Gasteiger partial charge >= 0.3 is 5.97 Å². The van der Waals surface area contributed by atoms with Crippen molar-refractivity contribution in [1.29, 1.82) is 0 Å². The molecule has 2 atom stereocenters. The minimum absolute atomic E-state index is 0.226. The van der Waals surface area contributed by atoms with Gasteiger partial charge in [0.15, 0.2) is 0 Å². The number of hydrogen-bond acceptors (Lipinski definition) is 3. The van der Waals surface area contributed by atoms with Crippen molar-refractivity contribution in [3.8, 4) is 0 Å². The lowest BCUT2D eigenvalue weighted by Crippen LogP contribution is -2.10. The van der Waals surface area contributed by atoms with E-state index in [2.05, 4.69) is 11.9 Å². The van der Waals surface area contributed by atoms with Crippen LogP contribution >= 0.6 is 10.9 Å². The summed E-state index contributed by atoms with van der Waals surface area (Å²) in [6.07, 6.45) is 4.97. The van der Waals surface area contributed by atoms with E-state index in [1.807, 2.05) is 23.7 Å². The van der Waals surface area contributed by atoms with Crippen LogP contribution in [-0.2, 0) is 4.74 Å². The summed E-state index contributed by atoms with van der Waals surface area (Å²) in [5, 5.41) is 0. The Bertz CT molecular complexity index is 447. The minimum atomic E-state index is -0.363. The molecule has 2 rings (SSSR count). The molecule has 1 aliphatic rings. The minimum Gasteiger partial charge on any atom is -0.452 e. The highest BCUT2D eigenvalue weighted by Gasteiger charge is 2.18. The summed E-state index contributed by atoms with van der Waals surface area (Å²) < 4.78 is 5.38. The molecule has 1 aromatic carbocycles. The number of carbonyl (C=O) groups is 1. The fourth-order valence-electron chi connectivity index (χ4n) is 2.23. The molecule has 2 unspecified atom stereocenters. The molecular weight excluding hydrogens is 270 g/mol. The lowest BCUT2D eigenvalue weighted by Gasteiger charge is -2.14. The maximum atomic E-state index is 11.8. The van der Waals surface area contributed by atoms with Gasteiger partial charge in [-0.25, -0.2) is 4.79 Å². The van der Waals surface area contributed by atoms with Crippen LogP contribution < -0.4 is 0 Å².